The van der Waals surface area contributed by atoms with E-state index in [4.69, 9.17) is 4.43 Å². The Balaban J connectivity index is 2.41. The van der Waals surface area contributed by atoms with Gasteiger partial charge in [0.15, 0.2) is 0 Å². The quantitative estimate of drug-likeness (QED) is 0.320. The lowest BCUT2D eigenvalue weighted by molar-refractivity contribution is 0.507. The lowest BCUT2D eigenvalue weighted by Crippen LogP contribution is -2.50. The lowest BCUT2D eigenvalue weighted by atomic mass is 10.1. The Morgan fingerprint density at radius 3 is 2.14 bits per heavy atom. The van der Waals surface area contributed by atoms with Gasteiger partial charge >= 0.3 is 0 Å². The van der Waals surface area contributed by atoms with Gasteiger partial charge in [-0.05, 0) is 40.9 Å². The Labute approximate surface area is 143 Å². The van der Waals surface area contributed by atoms with E-state index in [2.05, 4.69) is 93.6 Å². The Morgan fingerprint density at radius 1 is 0.952 bits per heavy atom. The summed E-state index contributed by atoms with van der Waals surface area (Å²) >= 11 is 2.52. The summed E-state index contributed by atoms with van der Waals surface area (Å²) in [7, 11) is -1.78. The van der Waals surface area contributed by atoms with Crippen molar-refractivity contribution in [1.82, 2.24) is 0 Å². The second kappa shape index (κ2) is 6.69. The van der Waals surface area contributed by atoms with Crippen LogP contribution in [0, 0.1) is 6.92 Å². The fourth-order valence-corrected chi connectivity index (χ4v) is 11.7. The van der Waals surface area contributed by atoms with Gasteiger partial charge in [-0.3, -0.25) is 0 Å². The highest BCUT2D eigenvalue weighted by molar-refractivity contribution is 14.1. The standard InChI is InChI=1S/C18H25IOSi/c1-13(2)21(12-19,14(3)4)20-18-9-8-16-7-6-15(5)10-17(16)11-18/h6-11,13-14H,12H2,1-5H3. The normalized spacial score (nSPS) is 12.4. The van der Waals surface area contributed by atoms with Gasteiger partial charge in [0.1, 0.15) is 5.75 Å². The maximum absolute atomic E-state index is 6.65. The van der Waals surface area contributed by atoms with Crippen LogP contribution in [0.1, 0.15) is 33.3 Å². The molecule has 0 fully saturated rings. The Hall–Kier alpha value is -0.553. The summed E-state index contributed by atoms with van der Waals surface area (Å²) in [6, 6.07) is 13.1. The molecule has 0 saturated carbocycles. The highest BCUT2D eigenvalue weighted by Gasteiger charge is 2.43. The van der Waals surface area contributed by atoms with E-state index in [1.54, 1.807) is 0 Å². The van der Waals surface area contributed by atoms with Crippen LogP contribution in [0.15, 0.2) is 36.4 Å². The second-order valence-corrected chi connectivity index (χ2v) is 13.5. The monoisotopic (exact) mass is 412 g/mol. The molecule has 0 aliphatic heterocycles. The van der Waals surface area contributed by atoms with Crippen LogP contribution in [0.4, 0.5) is 0 Å². The predicted octanol–water partition coefficient (Wildman–Crippen LogP) is 6.27. The molecule has 21 heavy (non-hydrogen) atoms. The summed E-state index contributed by atoms with van der Waals surface area (Å²) < 4.78 is 7.78. The molecule has 0 bridgehead atoms. The molecule has 0 aliphatic rings. The molecule has 3 heteroatoms. The van der Waals surface area contributed by atoms with Crippen LogP contribution in [-0.2, 0) is 0 Å². The third-order valence-corrected chi connectivity index (χ3v) is 13.0. The van der Waals surface area contributed by atoms with Crippen LogP contribution >= 0.6 is 22.6 Å². The zero-order chi connectivity index (χ0) is 15.6. The number of benzene rings is 2. The molecule has 2 rings (SSSR count). The maximum atomic E-state index is 6.65. The lowest BCUT2D eigenvalue weighted by Gasteiger charge is -2.37. The van der Waals surface area contributed by atoms with E-state index in [0.29, 0.717) is 11.1 Å². The molecule has 0 spiro atoms. The van der Waals surface area contributed by atoms with Crippen molar-refractivity contribution in [1.29, 1.82) is 0 Å². The molecule has 0 saturated heterocycles. The van der Waals surface area contributed by atoms with Gasteiger partial charge in [-0.15, -0.1) is 0 Å². The molecule has 0 aromatic heterocycles. The van der Waals surface area contributed by atoms with Gasteiger partial charge in [-0.25, -0.2) is 0 Å². The molecule has 0 aliphatic carbocycles. The molecular weight excluding hydrogens is 387 g/mol. The van der Waals surface area contributed by atoms with E-state index >= 15 is 0 Å². The molecule has 0 N–H and O–H groups in total. The summed E-state index contributed by atoms with van der Waals surface area (Å²) in [4.78, 5) is 0. The SMILES string of the molecule is Cc1ccc2ccc(O[Si](CI)(C(C)C)C(C)C)cc2c1. The van der Waals surface area contributed by atoms with Crippen LogP contribution in [0.25, 0.3) is 10.8 Å². The van der Waals surface area contributed by atoms with E-state index in [1.807, 2.05) is 0 Å². The van der Waals surface area contributed by atoms with Crippen LogP contribution in [0.5, 0.6) is 5.75 Å². The third-order valence-electron chi connectivity index (χ3n) is 4.44. The fourth-order valence-electron chi connectivity index (χ4n) is 2.87. The number of fused-ring (bicyclic) bond motifs is 1. The zero-order valence-corrected chi connectivity index (χ0v) is 16.8. The van der Waals surface area contributed by atoms with Crippen molar-refractivity contribution >= 4 is 41.7 Å². The maximum Gasteiger partial charge on any atom is 0.265 e. The number of rotatable bonds is 5. The molecule has 0 amide bonds. The summed E-state index contributed by atoms with van der Waals surface area (Å²) in [6.45, 7) is 11.4. The summed E-state index contributed by atoms with van der Waals surface area (Å²) in [5.41, 5.74) is 2.52. The molecule has 0 unspecified atom stereocenters. The number of alkyl halides is 1. The highest BCUT2D eigenvalue weighted by Crippen LogP contribution is 2.36. The van der Waals surface area contributed by atoms with Crippen LogP contribution in [-0.4, -0.2) is 12.4 Å². The van der Waals surface area contributed by atoms with Gasteiger partial charge in [0.05, 0.1) is 0 Å². The molecule has 2 aromatic rings. The van der Waals surface area contributed by atoms with Crippen molar-refractivity contribution in [3.05, 3.63) is 42.0 Å². The summed E-state index contributed by atoms with van der Waals surface area (Å²) in [6.07, 6.45) is 0. The minimum Gasteiger partial charge on any atom is -0.542 e. The first kappa shape index (κ1) is 16.8. The molecule has 0 heterocycles. The molecular formula is C18H25IOSi. The first-order valence-corrected chi connectivity index (χ1v) is 11.4. The molecule has 2 aromatic carbocycles. The summed E-state index contributed by atoms with van der Waals surface area (Å²) in [5.74, 6) is 1.04. The molecule has 114 valence electrons. The summed E-state index contributed by atoms with van der Waals surface area (Å²) in [5, 5.41) is 2.56. The van der Waals surface area contributed by atoms with E-state index in [0.717, 1.165) is 9.80 Å². The van der Waals surface area contributed by atoms with Crippen molar-refractivity contribution in [2.45, 2.75) is 45.7 Å². The van der Waals surface area contributed by atoms with Gasteiger partial charge in [0, 0.05) is 4.05 Å². The van der Waals surface area contributed by atoms with Gasteiger partial charge in [0.25, 0.3) is 8.32 Å². The zero-order valence-electron chi connectivity index (χ0n) is 13.6. The predicted molar refractivity (Wildman–Crippen MR) is 104 cm³/mol. The average molecular weight is 412 g/mol. The number of hydrogen-bond donors (Lipinski definition) is 0. The van der Waals surface area contributed by atoms with Gasteiger partial charge < -0.3 is 4.43 Å². The average Bonchev–Trinajstić information content (AvgIpc) is 2.43. The number of halogens is 1. The second-order valence-electron chi connectivity index (χ2n) is 6.51. The topological polar surface area (TPSA) is 9.23 Å². The van der Waals surface area contributed by atoms with Crippen molar-refractivity contribution in [3.8, 4) is 5.75 Å². The van der Waals surface area contributed by atoms with Crippen molar-refractivity contribution in [3.63, 3.8) is 0 Å². The van der Waals surface area contributed by atoms with Gasteiger partial charge in [-0.1, -0.05) is 80.1 Å². The minimum absolute atomic E-state index is 0.614. The van der Waals surface area contributed by atoms with E-state index < -0.39 is 8.32 Å². The Bertz CT molecular complexity index is 614. The van der Waals surface area contributed by atoms with E-state index in [-0.39, 0.29) is 0 Å². The number of aryl methyl sites for hydroxylation is 1. The minimum atomic E-state index is -1.78. The van der Waals surface area contributed by atoms with Crippen molar-refractivity contribution < 1.29 is 4.43 Å². The van der Waals surface area contributed by atoms with Crippen molar-refractivity contribution in [2.75, 3.05) is 4.05 Å². The van der Waals surface area contributed by atoms with E-state index in [9.17, 15) is 0 Å². The fraction of sp³-hybridized carbons (Fsp3) is 0.444. The van der Waals surface area contributed by atoms with Gasteiger partial charge in [-0.2, -0.15) is 0 Å². The smallest absolute Gasteiger partial charge is 0.265 e. The number of hydrogen-bond acceptors (Lipinski definition) is 1. The van der Waals surface area contributed by atoms with Crippen LogP contribution < -0.4 is 4.43 Å². The third kappa shape index (κ3) is 3.45. The van der Waals surface area contributed by atoms with Crippen LogP contribution in [0.2, 0.25) is 11.1 Å². The van der Waals surface area contributed by atoms with Gasteiger partial charge in [0.2, 0.25) is 0 Å². The Morgan fingerprint density at radius 2 is 1.57 bits per heavy atom. The van der Waals surface area contributed by atoms with Crippen molar-refractivity contribution in [2.24, 2.45) is 0 Å². The molecule has 0 atom stereocenters. The first-order chi connectivity index (χ1) is 9.89. The van der Waals surface area contributed by atoms with E-state index in [1.165, 1.54) is 16.3 Å². The van der Waals surface area contributed by atoms with Crippen LogP contribution in [0.3, 0.4) is 0 Å². The largest absolute Gasteiger partial charge is 0.542 e. The molecule has 0 radical (unpaired) electrons. The first-order valence-electron chi connectivity index (χ1n) is 7.64. The molecule has 1 nitrogen and oxygen atoms in total. The Kier molecular flexibility index (Phi) is 5.36. The highest BCUT2D eigenvalue weighted by atomic mass is 127.